The molecule has 80 valence electrons. The Bertz CT molecular complexity index is 225. The maximum atomic E-state index is 10.7. The fraction of sp³-hybridized carbons (Fsp3) is 0.667. The lowest BCUT2D eigenvalue weighted by Gasteiger charge is -2.04. The molecule has 5 heteroatoms. The molecule has 0 aromatic heterocycles. The number of hydrogen-bond acceptors (Lipinski definition) is 5. The van der Waals surface area contributed by atoms with Gasteiger partial charge < -0.3 is 9.47 Å². The molecule has 0 fully saturated rings. The van der Waals surface area contributed by atoms with E-state index in [4.69, 9.17) is 10.1 Å². The van der Waals surface area contributed by atoms with Crippen molar-refractivity contribution in [1.29, 1.82) is 5.41 Å². The van der Waals surface area contributed by atoms with E-state index in [-0.39, 0.29) is 31.3 Å². The average Bonchev–Trinajstić information content (AvgIpc) is 2.17. The van der Waals surface area contributed by atoms with Crippen LogP contribution in [0.15, 0.2) is 0 Å². The summed E-state index contributed by atoms with van der Waals surface area (Å²) in [4.78, 5) is 21.4. The van der Waals surface area contributed by atoms with Crippen LogP contribution in [0.1, 0.15) is 33.1 Å². The molecule has 0 spiro atoms. The summed E-state index contributed by atoms with van der Waals surface area (Å²) >= 11 is 0. The third kappa shape index (κ3) is 6.16. The Morgan fingerprint density at radius 1 is 1.14 bits per heavy atom. The van der Waals surface area contributed by atoms with Crippen molar-refractivity contribution in [3.8, 4) is 0 Å². The first-order valence-corrected chi connectivity index (χ1v) is 4.53. The normalized spacial score (nSPS) is 9.29. The lowest BCUT2D eigenvalue weighted by Crippen LogP contribution is -2.14. The summed E-state index contributed by atoms with van der Waals surface area (Å²) in [6.45, 7) is 3.42. The van der Waals surface area contributed by atoms with Gasteiger partial charge in [0.15, 0.2) is 5.90 Å². The zero-order valence-corrected chi connectivity index (χ0v) is 8.46. The number of ether oxygens (including phenoxy) is 2. The van der Waals surface area contributed by atoms with Crippen molar-refractivity contribution in [2.45, 2.75) is 33.1 Å². The molecule has 0 aliphatic heterocycles. The molecule has 0 aliphatic rings. The summed E-state index contributed by atoms with van der Waals surface area (Å²) in [5, 5.41) is 7.19. The molecule has 0 aliphatic carbocycles. The molecule has 0 aromatic carbocycles. The van der Waals surface area contributed by atoms with Gasteiger partial charge in [0.05, 0.1) is 13.0 Å². The summed E-state index contributed by atoms with van der Waals surface area (Å²) in [6.07, 6.45) is 0.677. The van der Waals surface area contributed by atoms with Crippen LogP contribution in [0.3, 0.4) is 0 Å². The Morgan fingerprint density at radius 2 is 1.71 bits per heavy atom. The van der Waals surface area contributed by atoms with E-state index in [1.54, 1.807) is 13.8 Å². The Labute approximate surface area is 82.9 Å². The number of hydrogen-bond donors (Lipinski definition) is 1. The van der Waals surface area contributed by atoms with E-state index < -0.39 is 5.97 Å². The van der Waals surface area contributed by atoms with Crippen LogP contribution in [-0.4, -0.2) is 24.4 Å². The summed E-state index contributed by atoms with van der Waals surface area (Å²) in [5.41, 5.74) is 0. The Hall–Kier alpha value is -1.39. The topological polar surface area (TPSA) is 76.5 Å². The van der Waals surface area contributed by atoms with Crippen LogP contribution < -0.4 is 0 Å². The standard InChI is InChI=1S/C9H15NO4/c1-3-8(11)13-6-5-7(10)14-9(12)4-2/h10H,3-6H2,1-2H3. The second-order valence-electron chi connectivity index (χ2n) is 2.57. The maximum absolute atomic E-state index is 10.7. The SMILES string of the molecule is CCC(=O)OCCC(=N)OC(=O)CC. The lowest BCUT2D eigenvalue weighted by molar-refractivity contribution is -0.143. The van der Waals surface area contributed by atoms with Crippen molar-refractivity contribution < 1.29 is 19.1 Å². The third-order valence-electron chi connectivity index (χ3n) is 1.41. The van der Waals surface area contributed by atoms with Crippen LogP contribution in [0, 0.1) is 5.41 Å². The van der Waals surface area contributed by atoms with Crippen LogP contribution in [0.25, 0.3) is 0 Å². The lowest BCUT2D eigenvalue weighted by atomic mass is 10.4. The molecular weight excluding hydrogens is 186 g/mol. The van der Waals surface area contributed by atoms with Crippen molar-refractivity contribution >= 4 is 17.8 Å². The predicted molar refractivity (Wildman–Crippen MR) is 50.0 cm³/mol. The molecule has 0 heterocycles. The minimum absolute atomic E-state index is 0.0858. The minimum Gasteiger partial charge on any atom is -0.465 e. The van der Waals surface area contributed by atoms with E-state index in [9.17, 15) is 9.59 Å². The highest BCUT2D eigenvalue weighted by Crippen LogP contribution is 1.93. The van der Waals surface area contributed by atoms with Gasteiger partial charge in [0, 0.05) is 12.8 Å². The summed E-state index contributed by atoms with van der Waals surface area (Å²) in [5.74, 6) is -0.933. The fourth-order valence-electron chi connectivity index (χ4n) is 0.620. The molecule has 0 atom stereocenters. The van der Waals surface area contributed by atoms with Crippen molar-refractivity contribution in [1.82, 2.24) is 0 Å². The highest BCUT2D eigenvalue weighted by Gasteiger charge is 2.05. The van der Waals surface area contributed by atoms with Crippen molar-refractivity contribution in [3.05, 3.63) is 0 Å². The van der Waals surface area contributed by atoms with Gasteiger partial charge in [-0.2, -0.15) is 0 Å². The van der Waals surface area contributed by atoms with E-state index in [1.807, 2.05) is 0 Å². The van der Waals surface area contributed by atoms with Gasteiger partial charge in [-0.05, 0) is 0 Å². The van der Waals surface area contributed by atoms with Crippen LogP contribution >= 0.6 is 0 Å². The number of esters is 2. The van der Waals surface area contributed by atoms with E-state index in [2.05, 4.69) is 4.74 Å². The Kier molecular flexibility index (Phi) is 6.36. The van der Waals surface area contributed by atoms with Gasteiger partial charge >= 0.3 is 11.9 Å². The number of nitrogens with one attached hydrogen (secondary N) is 1. The molecule has 0 unspecified atom stereocenters. The quantitative estimate of drug-likeness (QED) is 0.412. The highest BCUT2D eigenvalue weighted by atomic mass is 16.6. The largest absolute Gasteiger partial charge is 0.465 e. The van der Waals surface area contributed by atoms with Crippen LogP contribution in [0.2, 0.25) is 0 Å². The Morgan fingerprint density at radius 3 is 2.21 bits per heavy atom. The first kappa shape index (κ1) is 12.6. The van der Waals surface area contributed by atoms with E-state index in [0.29, 0.717) is 6.42 Å². The van der Waals surface area contributed by atoms with Gasteiger partial charge in [-0.3, -0.25) is 15.0 Å². The van der Waals surface area contributed by atoms with E-state index in [1.165, 1.54) is 0 Å². The van der Waals surface area contributed by atoms with Gasteiger partial charge in [0.1, 0.15) is 0 Å². The van der Waals surface area contributed by atoms with E-state index >= 15 is 0 Å². The van der Waals surface area contributed by atoms with E-state index in [0.717, 1.165) is 0 Å². The smallest absolute Gasteiger partial charge is 0.311 e. The first-order chi connectivity index (χ1) is 6.60. The number of carbonyl (C=O) groups is 2. The molecule has 0 radical (unpaired) electrons. The zero-order chi connectivity index (χ0) is 11.0. The van der Waals surface area contributed by atoms with Crippen LogP contribution in [0.5, 0.6) is 0 Å². The molecule has 0 aromatic rings. The minimum atomic E-state index is -0.447. The predicted octanol–water partition coefficient (Wildman–Crippen LogP) is 1.26. The second kappa shape index (κ2) is 7.06. The third-order valence-corrected chi connectivity index (χ3v) is 1.41. The van der Waals surface area contributed by atoms with Gasteiger partial charge in [0.2, 0.25) is 0 Å². The average molecular weight is 201 g/mol. The summed E-state index contributed by atoms with van der Waals surface area (Å²) in [6, 6.07) is 0. The van der Waals surface area contributed by atoms with Crippen molar-refractivity contribution in [3.63, 3.8) is 0 Å². The molecular formula is C9H15NO4. The molecule has 0 bridgehead atoms. The summed E-state index contributed by atoms with van der Waals surface area (Å²) < 4.78 is 9.27. The maximum Gasteiger partial charge on any atom is 0.311 e. The van der Waals surface area contributed by atoms with Crippen molar-refractivity contribution in [2.75, 3.05) is 6.61 Å². The van der Waals surface area contributed by atoms with Crippen molar-refractivity contribution in [2.24, 2.45) is 0 Å². The van der Waals surface area contributed by atoms with Gasteiger partial charge in [-0.25, -0.2) is 0 Å². The molecule has 14 heavy (non-hydrogen) atoms. The first-order valence-electron chi connectivity index (χ1n) is 4.53. The molecule has 0 rings (SSSR count). The van der Waals surface area contributed by atoms with Crippen LogP contribution in [0.4, 0.5) is 0 Å². The van der Waals surface area contributed by atoms with Gasteiger partial charge in [-0.1, -0.05) is 13.8 Å². The summed E-state index contributed by atoms with van der Waals surface area (Å²) in [7, 11) is 0. The number of rotatable bonds is 5. The fourth-order valence-corrected chi connectivity index (χ4v) is 0.620. The monoisotopic (exact) mass is 201 g/mol. The molecule has 0 amide bonds. The number of carbonyl (C=O) groups excluding carboxylic acids is 2. The van der Waals surface area contributed by atoms with Gasteiger partial charge in [-0.15, -0.1) is 0 Å². The molecule has 0 saturated carbocycles. The molecule has 5 nitrogen and oxygen atoms in total. The molecule has 0 saturated heterocycles. The zero-order valence-electron chi connectivity index (χ0n) is 8.46. The molecule has 1 N–H and O–H groups in total. The Balaban J connectivity index is 3.54. The van der Waals surface area contributed by atoms with Crippen LogP contribution in [-0.2, 0) is 19.1 Å². The second-order valence-corrected chi connectivity index (χ2v) is 2.57. The highest BCUT2D eigenvalue weighted by molar-refractivity contribution is 5.86. The van der Waals surface area contributed by atoms with Gasteiger partial charge in [0.25, 0.3) is 0 Å².